The summed E-state index contributed by atoms with van der Waals surface area (Å²) in [7, 11) is 0. The van der Waals surface area contributed by atoms with Gasteiger partial charge in [0.2, 0.25) is 0 Å². The predicted molar refractivity (Wildman–Crippen MR) is 59.0 cm³/mol. The fraction of sp³-hybridized carbons (Fsp3) is 0.750. The number of hydrogen-bond acceptors (Lipinski definition) is 5. The lowest BCUT2D eigenvalue weighted by Gasteiger charge is -2.14. The molecular formula is C8H14O4S2. The number of carboxylic acid groups (broad SMARTS) is 1. The van der Waals surface area contributed by atoms with Gasteiger partial charge in [-0.3, -0.25) is 9.59 Å². The van der Waals surface area contributed by atoms with Crippen molar-refractivity contribution in [3.05, 3.63) is 0 Å². The van der Waals surface area contributed by atoms with E-state index in [4.69, 9.17) is 9.84 Å². The van der Waals surface area contributed by atoms with Crippen LogP contribution < -0.4 is 0 Å². The average Bonchev–Trinajstić information content (AvgIpc) is 2.11. The Kier molecular flexibility index (Phi) is 6.03. The van der Waals surface area contributed by atoms with Gasteiger partial charge in [0.1, 0.15) is 10.5 Å². The zero-order valence-corrected chi connectivity index (χ0v) is 9.79. The highest BCUT2D eigenvalue weighted by molar-refractivity contribution is 7.86. The van der Waals surface area contributed by atoms with Crippen LogP contribution in [0.25, 0.3) is 0 Å². The Morgan fingerprint density at radius 2 is 1.79 bits per heavy atom. The molecule has 0 fully saturated rings. The van der Waals surface area contributed by atoms with Crippen molar-refractivity contribution >= 4 is 37.2 Å². The van der Waals surface area contributed by atoms with Crippen LogP contribution in [0.3, 0.4) is 0 Å². The lowest BCUT2D eigenvalue weighted by molar-refractivity contribution is -0.147. The second-order valence-corrected chi connectivity index (χ2v) is 4.36. The van der Waals surface area contributed by atoms with Gasteiger partial charge in [-0.2, -0.15) is 25.3 Å². The molecule has 2 atom stereocenters. The Labute approximate surface area is 93.8 Å². The quantitative estimate of drug-likeness (QED) is 0.491. The van der Waals surface area contributed by atoms with Crippen LogP contribution in [0.1, 0.15) is 13.8 Å². The number of carbonyl (C=O) groups is 2. The van der Waals surface area contributed by atoms with Crippen LogP contribution in [0.4, 0.5) is 0 Å². The Balaban J connectivity index is 4.05. The van der Waals surface area contributed by atoms with Crippen molar-refractivity contribution in [2.75, 3.05) is 6.61 Å². The fourth-order valence-corrected chi connectivity index (χ4v) is 0.922. The highest BCUT2D eigenvalue weighted by atomic mass is 32.1. The standard InChI is InChI=1S/C8H14O4S2/c1-4(2)3-12-8(11)6(14)5(13)7(9)10/h4-6,13-14H,3H2,1-2H3,(H,9,10)/t5-,6+/m1/s1. The minimum Gasteiger partial charge on any atom is -0.480 e. The van der Waals surface area contributed by atoms with Crippen molar-refractivity contribution in [3.8, 4) is 0 Å². The van der Waals surface area contributed by atoms with E-state index in [1.807, 2.05) is 13.8 Å². The summed E-state index contributed by atoms with van der Waals surface area (Å²) in [5, 5.41) is 6.37. The van der Waals surface area contributed by atoms with Crippen molar-refractivity contribution in [2.24, 2.45) is 5.92 Å². The van der Waals surface area contributed by atoms with E-state index in [0.717, 1.165) is 0 Å². The van der Waals surface area contributed by atoms with E-state index in [2.05, 4.69) is 25.3 Å². The van der Waals surface area contributed by atoms with Crippen LogP contribution in [0.5, 0.6) is 0 Å². The van der Waals surface area contributed by atoms with Crippen LogP contribution in [0, 0.1) is 5.92 Å². The second kappa shape index (κ2) is 6.19. The maximum Gasteiger partial charge on any atom is 0.320 e. The fourth-order valence-electron chi connectivity index (χ4n) is 0.598. The number of carbonyl (C=O) groups excluding carboxylic acids is 1. The number of carboxylic acids is 1. The van der Waals surface area contributed by atoms with Gasteiger partial charge in [-0.05, 0) is 5.92 Å². The van der Waals surface area contributed by atoms with Crippen LogP contribution in [0.15, 0.2) is 0 Å². The minimum atomic E-state index is -1.19. The first kappa shape index (κ1) is 13.6. The maximum absolute atomic E-state index is 11.2. The third kappa shape index (κ3) is 4.76. The van der Waals surface area contributed by atoms with Gasteiger partial charge in [-0.1, -0.05) is 13.8 Å². The molecule has 82 valence electrons. The van der Waals surface area contributed by atoms with E-state index in [-0.39, 0.29) is 12.5 Å². The summed E-state index contributed by atoms with van der Waals surface area (Å²) in [4.78, 5) is 21.6. The molecule has 0 aliphatic rings. The molecule has 0 aliphatic carbocycles. The summed E-state index contributed by atoms with van der Waals surface area (Å²) in [5.41, 5.74) is 0. The van der Waals surface area contributed by atoms with Crippen molar-refractivity contribution < 1.29 is 19.4 Å². The van der Waals surface area contributed by atoms with E-state index in [9.17, 15) is 9.59 Å². The molecule has 4 nitrogen and oxygen atoms in total. The SMILES string of the molecule is CC(C)COC(=O)[C@@H](S)[C@@H](S)C(=O)O. The summed E-state index contributed by atoms with van der Waals surface area (Å²) in [6, 6.07) is 0. The molecule has 0 amide bonds. The first-order valence-corrected chi connectivity index (χ1v) is 5.15. The molecule has 0 saturated carbocycles. The summed E-state index contributed by atoms with van der Waals surface area (Å²) in [6.45, 7) is 4.03. The third-order valence-electron chi connectivity index (χ3n) is 1.35. The molecule has 0 aromatic carbocycles. The smallest absolute Gasteiger partial charge is 0.320 e. The van der Waals surface area contributed by atoms with E-state index >= 15 is 0 Å². The van der Waals surface area contributed by atoms with Crippen molar-refractivity contribution in [3.63, 3.8) is 0 Å². The number of ether oxygens (including phenoxy) is 1. The van der Waals surface area contributed by atoms with Crippen molar-refractivity contribution in [2.45, 2.75) is 24.3 Å². The zero-order valence-electron chi connectivity index (χ0n) is 8.01. The molecule has 14 heavy (non-hydrogen) atoms. The van der Waals surface area contributed by atoms with Gasteiger partial charge < -0.3 is 9.84 Å². The van der Waals surface area contributed by atoms with Gasteiger partial charge in [0.25, 0.3) is 0 Å². The molecule has 0 heterocycles. The van der Waals surface area contributed by atoms with E-state index in [0.29, 0.717) is 0 Å². The van der Waals surface area contributed by atoms with Crippen LogP contribution in [-0.4, -0.2) is 34.2 Å². The highest BCUT2D eigenvalue weighted by Crippen LogP contribution is 2.11. The topological polar surface area (TPSA) is 63.6 Å². The first-order chi connectivity index (χ1) is 6.36. The first-order valence-electron chi connectivity index (χ1n) is 4.11. The normalized spacial score (nSPS) is 14.9. The number of hydrogen-bond donors (Lipinski definition) is 3. The summed E-state index contributed by atoms with van der Waals surface area (Å²) in [6.07, 6.45) is 0. The molecule has 0 rings (SSSR count). The van der Waals surface area contributed by atoms with Crippen molar-refractivity contribution in [1.29, 1.82) is 0 Å². The molecular weight excluding hydrogens is 224 g/mol. The Morgan fingerprint density at radius 1 is 1.29 bits per heavy atom. The van der Waals surface area contributed by atoms with Crippen molar-refractivity contribution in [1.82, 2.24) is 0 Å². The Hall–Kier alpha value is -0.360. The second-order valence-electron chi connectivity index (χ2n) is 3.25. The van der Waals surface area contributed by atoms with Gasteiger partial charge in [0.05, 0.1) is 6.61 Å². The van der Waals surface area contributed by atoms with Crippen LogP contribution in [0.2, 0.25) is 0 Å². The number of thiol groups is 2. The number of aliphatic carboxylic acids is 1. The molecule has 0 aromatic heterocycles. The van der Waals surface area contributed by atoms with E-state index in [1.54, 1.807) is 0 Å². The van der Waals surface area contributed by atoms with Gasteiger partial charge in [-0.15, -0.1) is 0 Å². The summed E-state index contributed by atoms with van der Waals surface area (Å²) in [5.74, 6) is -1.62. The predicted octanol–water partition coefficient (Wildman–Crippen LogP) is 0.867. The molecule has 6 heteroatoms. The lowest BCUT2D eigenvalue weighted by Crippen LogP contribution is -2.33. The van der Waals surface area contributed by atoms with Crippen LogP contribution in [-0.2, 0) is 14.3 Å². The third-order valence-corrected chi connectivity index (χ3v) is 2.62. The molecule has 0 saturated heterocycles. The highest BCUT2D eigenvalue weighted by Gasteiger charge is 2.29. The molecule has 0 unspecified atom stereocenters. The lowest BCUT2D eigenvalue weighted by atomic mass is 10.2. The molecule has 1 N–H and O–H groups in total. The Bertz CT molecular complexity index is 217. The Morgan fingerprint density at radius 3 is 2.14 bits per heavy atom. The van der Waals surface area contributed by atoms with Gasteiger partial charge >= 0.3 is 11.9 Å². The molecule has 0 bridgehead atoms. The zero-order chi connectivity index (χ0) is 11.3. The van der Waals surface area contributed by atoms with Gasteiger partial charge in [0, 0.05) is 0 Å². The average molecular weight is 238 g/mol. The molecule has 0 spiro atoms. The van der Waals surface area contributed by atoms with Crippen LogP contribution >= 0.6 is 25.3 Å². The number of esters is 1. The van der Waals surface area contributed by atoms with E-state index < -0.39 is 22.4 Å². The van der Waals surface area contributed by atoms with Gasteiger partial charge in [0.15, 0.2) is 0 Å². The molecule has 0 radical (unpaired) electrons. The number of rotatable bonds is 5. The largest absolute Gasteiger partial charge is 0.480 e. The summed E-state index contributed by atoms with van der Waals surface area (Å²) < 4.78 is 4.81. The van der Waals surface area contributed by atoms with Gasteiger partial charge in [-0.25, -0.2) is 0 Å². The van der Waals surface area contributed by atoms with E-state index in [1.165, 1.54) is 0 Å². The molecule has 0 aliphatic heterocycles. The molecule has 0 aromatic rings. The minimum absolute atomic E-state index is 0.211. The monoisotopic (exact) mass is 238 g/mol. The maximum atomic E-state index is 11.2. The summed E-state index contributed by atoms with van der Waals surface area (Å²) >= 11 is 7.56.